The standard InChI is InChI=1S/C25H22N6O4/c1-2-34-25-26-20-10-6-9-19(24(32)33)21(20)31(25)15-16-11-13-18(14-12-16)35-22(23-27-29-30-28-23)17-7-4-3-5-8-17/h3-14,22H,2,15H2,1H3,(H,32,33)(H,27,28,29,30). The summed E-state index contributed by atoms with van der Waals surface area (Å²) in [6.45, 7) is 2.65. The maximum absolute atomic E-state index is 11.8. The molecule has 2 heterocycles. The average Bonchev–Trinajstić information content (AvgIpc) is 3.53. The van der Waals surface area contributed by atoms with Crippen molar-refractivity contribution in [3.05, 3.63) is 95.3 Å². The molecule has 35 heavy (non-hydrogen) atoms. The van der Waals surface area contributed by atoms with Crippen molar-refractivity contribution in [2.24, 2.45) is 0 Å². The van der Waals surface area contributed by atoms with Gasteiger partial charge in [0.2, 0.25) is 5.82 Å². The lowest BCUT2D eigenvalue weighted by atomic mass is 10.1. The van der Waals surface area contributed by atoms with Gasteiger partial charge in [-0.05, 0) is 36.8 Å². The molecule has 10 heteroatoms. The number of H-pyrrole nitrogens is 1. The highest BCUT2D eigenvalue weighted by atomic mass is 16.5. The van der Waals surface area contributed by atoms with E-state index >= 15 is 0 Å². The minimum absolute atomic E-state index is 0.173. The third kappa shape index (κ3) is 4.54. The first kappa shape index (κ1) is 22.1. The maximum Gasteiger partial charge on any atom is 0.337 e. The van der Waals surface area contributed by atoms with Crippen LogP contribution >= 0.6 is 0 Å². The first-order valence-electron chi connectivity index (χ1n) is 11.0. The molecule has 0 bridgehead atoms. The molecule has 176 valence electrons. The molecule has 0 aliphatic rings. The highest BCUT2D eigenvalue weighted by Crippen LogP contribution is 2.29. The van der Waals surface area contributed by atoms with Crippen LogP contribution in [0, 0.1) is 0 Å². The van der Waals surface area contributed by atoms with Gasteiger partial charge in [0.1, 0.15) is 5.75 Å². The molecule has 0 fully saturated rings. The van der Waals surface area contributed by atoms with Gasteiger partial charge in [0.05, 0.1) is 29.7 Å². The summed E-state index contributed by atoms with van der Waals surface area (Å²) in [5.41, 5.74) is 3.08. The van der Waals surface area contributed by atoms with Gasteiger partial charge in [-0.1, -0.05) is 53.7 Å². The quantitative estimate of drug-likeness (QED) is 0.332. The Labute approximate surface area is 200 Å². The van der Waals surface area contributed by atoms with E-state index < -0.39 is 12.1 Å². The van der Waals surface area contributed by atoms with Crippen LogP contribution in [-0.2, 0) is 6.54 Å². The lowest BCUT2D eigenvalue weighted by Crippen LogP contribution is -2.11. The number of tetrazole rings is 1. The molecular weight excluding hydrogens is 448 g/mol. The van der Waals surface area contributed by atoms with E-state index in [0.717, 1.165) is 11.1 Å². The van der Waals surface area contributed by atoms with Gasteiger partial charge in [0, 0.05) is 5.56 Å². The number of nitrogens with zero attached hydrogens (tertiary/aromatic N) is 5. The van der Waals surface area contributed by atoms with Gasteiger partial charge in [-0.2, -0.15) is 10.2 Å². The van der Waals surface area contributed by atoms with E-state index in [1.807, 2.05) is 61.5 Å². The Morgan fingerprint density at radius 3 is 2.54 bits per heavy atom. The van der Waals surface area contributed by atoms with E-state index in [2.05, 4.69) is 25.6 Å². The number of aromatic carboxylic acids is 1. The van der Waals surface area contributed by atoms with Gasteiger partial charge in [-0.25, -0.2) is 4.79 Å². The molecule has 5 aromatic rings. The lowest BCUT2D eigenvalue weighted by molar-refractivity contribution is 0.0698. The largest absolute Gasteiger partial charge is 0.478 e. The summed E-state index contributed by atoms with van der Waals surface area (Å²) in [4.78, 5) is 16.3. The van der Waals surface area contributed by atoms with Crippen LogP contribution in [0.15, 0.2) is 72.8 Å². The van der Waals surface area contributed by atoms with Crippen molar-refractivity contribution in [1.29, 1.82) is 0 Å². The summed E-state index contributed by atoms with van der Waals surface area (Å²) in [6, 6.07) is 22.6. The summed E-state index contributed by atoms with van der Waals surface area (Å²) in [5, 5.41) is 24.0. The van der Waals surface area contributed by atoms with Gasteiger partial charge < -0.3 is 14.6 Å². The minimum Gasteiger partial charge on any atom is -0.478 e. The molecule has 2 aromatic heterocycles. The fourth-order valence-corrected chi connectivity index (χ4v) is 3.89. The molecule has 0 saturated carbocycles. The van der Waals surface area contributed by atoms with E-state index in [1.54, 1.807) is 22.8 Å². The number of aromatic nitrogens is 6. The predicted molar refractivity (Wildman–Crippen MR) is 126 cm³/mol. The Kier molecular flexibility index (Phi) is 6.08. The molecule has 0 saturated heterocycles. The number of rotatable bonds is 9. The maximum atomic E-state index is 11.8. The first-order valence-corrected chi connectivity index (χ1v) is 11.0. The van der Waals surface area contributed by atoms with Gasteiger partial charge >= 0.3 is 5.97 Å². The van der Waals surface area contributed by atoms with E-state index in [-0.39, 0.29) is 5.56 Å². The number of hydrogen-bond acceptors (Lipinski definition) is 7. The number of fused-ring (bicyclic) bond motifs is 1. The second kappa shape index (κ2) is 9.64. The fraction of sp³-hybridized carbons (Fsp3) is 0.160. The summed E-state index contributed by atoms with van der Waals surface area (Å²) < 4.78 is 13.7. The molecule has 5 rings (SSSR count). The number of benzene rings is 3. The van der Waals surface area contributed by atoms with Crippen molar-refractivity contribution in [2.75, 3.05) is 6.61 Å². The highest BCUT2D eigenvalue weighted by molar-refractivity contribution is 6.01. The van der Waals surface area contributed by atoms with E-state index in [4.69, 9.17) is 9.47 Å². The molecule has 1 unspecified atom stereocenters. The second-order valence-electron chi connectivity index (χ2n) is 7.71. The van der Waals surface area contributed by atoms with Crippen molar-refractivity contribution in [3.63, 3.8) is 0 Å². The molecule has 3 aromatic carbocycles. The normalized spacial score (nSPS) is 11.9. The van der Waals surface area contributed by atoms with Crippen molar-refractivity contribution >= 4 is 17.0 Å². The van der Waals surface area contributed by atoms with Gasteiger partial charge in [-0.15, -0.1) is 10.2 Å². The molecule has 10 nitrogen and oxygen atoms in total. The number of hydrogen-bond donors (Lipinski definition) is 2. The molecule has 0 aliphatic carbocycles. The average molecular weight is 470 g/mol. The van der Waals surface area contributed by atoms with Gasteiger partial charge in [0.25, 0.3) is 6.01 Å². The zero-order valence-electron chi connectivity index (χ0n) is 18.8. The van der Waals surface area contributed by atoms with E-state index in [0.29, 0.717) is 41.8 Å². The third-order valence-corrected chi connectivity index (χ3v) is 5.45. The number of carboxylic acid groups (broad SMARTS) is 1. The van der Waals surface area contributed by atoms with Gasteiger partial charge in [0.15, 0.2) is 6.10 Å². The summed E-state index contributed by atoms with van der Waals surface area (Å²) in [6.07, 6.45) is -0.527. The smallest absolute Gasteiger partial charge is 0.337 e. The number of carboxylic acids is 1. The second-order valence-corrected chi connectivity index (χ2v) is 7.71. The molecular formula is C25H22N6O4. The molecule has 0 radical (unpaired) electrons. The van der Waals surface area contributed by atoms with Crippen LogP contribution in [-0.4, -0.2) is 47.9 Å². The Morgan fingerprint density at radius 1 is 1.06 bits per heavy atom. The van der Waals surface area contributed by atoms with Crippen LogP contribution in [0.5, 0.6) is 11.8 Å². The first-order chi connectivity index (χ1) is 17.1. The number of aromatic amines is 1. The lowest BCUT2D eigenvalue weighted by Gasteiger charge is -2.17. The predicted octanol–water partition coefficient (Wildman–Crippen LogP) is 3.86. The van der Waals surface area contributed by atoms with Crippen LogP contribution < -0.4 is 9.47 Å². The molecule has 0 amide bonds. The summed E-state index contributed by atoms with van der Waals surface area (Å²) >= 11 is 0. The summed E-state index contributed by atoms with van der Waals surface area (Å²) in [7, 11) is 0. The zero-order chi connectivity index (χ0) is 24.2. The Hall–Kier alpha value is -4.73. The van der Waals surface area contributed by atoms with E-state index in [1.165, 1.54) is 0 Å². The van der Waals surface area contributed by atoms with Crippen molar-refractivity contribution in [3.8, 4) is 11.8 Å². The van der Waals surface area contributed by atoms with Crippen molar-refractivity contribution < 1.29 is 19.4 Å². The number of para-hydroxylation sites is 1. The SMILES string of the molecule is CCOc1nc2cccc(C(=O)O)c2n1Cc1ccc(OC(c2ccccc2)c2nn[nH]n2)cc1. The van der Waals surface area contributed by atoms with Crippen LogP contribution in [0.2, 0.25) is 0 Å². The van der Waals surface area contributed by atoms with Crippen LogP contribution in [0.4, 0.5) is 0 Å². The Morgan fingerprint density at radius 2 is 1.86 bits per heavy atom. The number of imidazole rings is 1. The van der Waals surface area contributed by atoms with Gasteiger partial charge in [-0.3, -0.25) is 4.57 Å². The molecule has 2 N–H and O–H groups in total. The summed E-state index contributed by atoms with van der Waals surface area (Å²) in [5.74, 6) is 0.0313. The monoisotopic (exact) mass is 470 g/mol. The number of nitrogens with one attached hydrogen (secondary N) is 1. The highest BCUT2D eigenvalue weighted by Gasteiger charge is 2.21. The van der Waals surface area contributed by atoms with Crippen molar-refractivity contribution in [1.82, 2.24) is 30.2 Å². The number of carbonyl (C=O) groups is 1. The van der Waals surface area contributed by atoms with Crippen LogP contribution in [0.3, 0.4) is 0 Å². The van der Waals surface area contributed by atoms with Crippen LogP contribution in [0.1, 0.15) is 40.3 Å². The Bertz CT molecular complexity index is 1430. The van der Waals surface area contributed by atoms with Crippen LogP contribution in [0.25, 0.3) is 11.0 Å². The Balaban J connectivity index is 1.44. The molecule has 1 atom stereocenters. The fourth-order valence-electron chi connectivity index (χ4n) is 3.89. The third-order valence-electron chi connectivity index (χ3n) is 5.45. The molecule has 0 spiro atoms. The molecule has 0 aliphatic heterocycles. The number of ether oxygens (including phenoxy) is 2. The van der Waals surface area contributed by atoms with Crippen molar-refractivity contribution in [2.45, 2.75) is 19.6 Å². The minimum atomic E-state index is -1.02. The van der Waals surface area contributed by atoms with E-state index in [9.17, 15) is 9.90 Å². The zero-order valence-corrected chi connectivity index (χ0v) is 18.8. The topological polar surface area (TPSA) is 128 Å².